The van der Waals surface area contributed by atoms with Crippen molar-refractivity contribution in [3.63, 3.8) is 0 Å². The van der Waals surface area contributed by atoms with Crippen LogP contribution in [0, 0.1) is 5.92 Å². The van der Waals surface area contributed by atoms with Crippen molar-refractivity contribution in [1.82, 2.24) is 15.5 Å². The molecule has 1 aromatic carbocycles. The lowest BCUT2D eigenvalue weighted by Gasteiger charge is -2.22. The van der Waals surface area contributed by atoms with E-state index >= 15 is 0 Å². The zero-order valence-corrected chi connectivity index (χ0v) is 14.0. The van der Waals surface area contributed by atoms with Crippen molar-refractivity contribution in [2.45, 2.75) is 37.3 Å². The lowest BCUT2D eigenvalue weighted by molar-refractivity contribution is -0.135. The highest BCUT2D eigenvalue weighted by Crippen LogP contribution is 2.41. The fraction of sp³-hybridized carbons (Fsp3) is 0.500. The van der Waals surface area contributed by atoms with Crippen LogP contribution >= 0.6 is 0 Å². The highest BCUT2D eigenvalue weighted by Gasteiger charge is 2.55. The van der Waals surface area contributed by atoms with Crippen LogP contribution in [-0.4, -0.2) is 41.9 Å². The molecule has 2 unspecified atom stereocenters. The molecule has 2 aliphatic carbocycles. The quantitative estimate of drug-likeness (QED) is 0.666. The number of nitrogens with zero attached hydrogens (tertiary/aromatic N) is 1. The van der Waals surface area contributed by atoms with Gasteiger partial charge in [0.1, 0.15) is 12.1 Å². The summed E-state index contributed by atoms with van der Waals surface area (Å²) in [5.74, 6) is -0.257. The highest BCUT2D eigenvalue weighted by molar-refractivity contribution is 6.09. The van der Waals surface area contributed by atoms with Gasteiger partial charge in [0.2, 0.25) is 5.91 Å². The summed E-state index contributed by atoms with van der Waals surface area (Å²) in [6.07, 6.45) is 3.39. The number of aryl methyl sites for hydroxylation is 1. The van der Waals surface area contributed by atoms with Gasteiger partial charge in [-0.25, -0.2) is 4.79 Å². The largest absolute Gasteiger partial charge is 0.350 e. The Kier molecular flexibility index (Phi) is 3.76. The minimum atomic E-state index is -1.02. The summed E-state index contributed by atoms with van der Waals surface area (Å²) in [6, 6.07) is 7.06. The molecule has 4 N–H and O–H groups in total. The summed E-state index contributed by atoms with van der Waals surface area (Å²) in [7, 11) is 0. The number of benzene rings is 1. The molecule has 1 aromatic rings. The molecule has 4 rings (SSSR count). The fourth-order valence-electron chi connectivity index (χ4n) is 4.00. The Labute approximate surface area is 145 Å². The van der Waals surface area contributed by atoms with Gasteiger partial charge >= 0.3 is 6.03 Å². The zero-order chi connectivity index (χ0) is 17.6. The summed E-state index contributed by atoms with van der Waals surface area (Å²) in [4.78, 5) is 38.7. The van der Waals surface area contributed by atoms with Gasteiger partial charge in [-0.15, -0.1) is 0 Å². The third kappa shape index (κ3) is 2.59. The van der Waals surface area contributed by atoms with E-state index in [9.17, 15) is 14.4 Å². The third-order valence-corrected chi connectivity index (χ3v) is 5.52. The van der Waals surface area contributed by atoms with Gasteiger partial charge in [0, 0.05) is 12.6 Å². The molecular formula is C18H22N4O3. The maximum atomic E-state index is 13.0. The standard InChI is InChI=1S/C18H22N4O3/c19-9-14(12-5-6-12)20-15(23)10-22-16(24)18(21-17(22)25)8-7-11-3-1-2-4-13(11)18/h1-4,12,14H,5-10,19H2,(H,20,23)(H,21,25). The average Bonchev–Trinajstić information content (AvgIpc) is 3.35. The second-order valence-corrected chi connectivity index (χ2v) is 7.13. The number of carbonyl (C=O) groups excluding carboxylic acids is 3. The number of nitrogens with one attached hydrogen (secondary N) is 2. The van der Waals surface area contributed by atoms with Crippen molar-refractivity contribution in [2.24, 2.45) is 11.7 Å². The molecule has 132 valence electrons. The lowest BCUT2D eigenvalue weighted by atomic mass is 9.92. The van der Waals surface area contributed by atoms with Crippen LogP contribution in [0.5, 0.6) is 0 Å². The minimum absolute atomic E-state index is 0.0746. The first kappa shape index (κ1) is 16.1. The van der Waals surface area contributed by atoms with E-state index in [1.54, 1.807) is 0 Å². The molecule has 1 spiro atoms. The Balaban J connectivity index is 1.50. The first-order chi connectivity index (χ1) is 12.0. The molecule has 25 heavy (non-hydrogen) atoms. The molecule has 1 heterocycles. The molecule has 0 radical (unpaired) electrons. The van der Waals surface area contributed by atoms with E-state index in [2.05, 4.69) is 10.6 Å². The maximum absolute atomic E-state index is 13.0. The molecule has 3 aliphatic rings. The minimum Gasteiger partial charge on any atom is -0.350 e. The summed E-state index contributed by atoms with van der Waals surface area (Å²) in [5.41, 5.74) is 6.59. The van der Waals surface area contributed by atoms with Crippen LogP contribution in [0.2, 0.25) is 0 Å². The molecule has 2 fully saturated rings. The normalized spacial score (nSPS) is 25.9. The second kappa shape index (κ2) is 5.84. The smallest absolute Gasteiger partial charge is 0.325 e. The molecule has 0 aromatic heterocycles. The van der Waals surface area contributed by atoms with Crippen molar-refractivity contribution in [3.05, 3.63) is 35.4 Å². The molecule has 0 bridgehead atoms. The monoisotopic (exact) mass is 342 g/mol. The molecule has 1 saturated heterocycles. The summed E-state index contributed by atoms with van der Waals surface area (Å²) in [6.45, 7) is 0.103. The molecule has 4 amide bonds. The number of rotatable bonds is 5. The topological polar surface area (TPSA) is 105 Å². The van der Waals surface area contributed by atoms with Crippen LogP contribution in [-0.2, 0) is 21.5 Å². The highest BCUT2D eigenvalue weighted by atomic mass is 16.2. The van der Waals surface area contributed by atoms with Crippen molar-refractivity contribution in [1.29, 1.82) is 0 Å². The number of fused-ring (bicyclic) bond motifs is 2. The van der Waals surface area contributed by atoms with Crippen LogP contribution in [0.1, 0.15) is 30.4 Å². The number of carbonyl (C=O) groups is 3. The van der Waals surface area contributed by atoms with Crippen molar-refractivity contribution < 1.29 is 14.4 Å². The van der Waals surface area contributed by atoms with Gasteiger partial charge in [-0.3, -0.25) is 14.5 Å². The number of urea groups is 1. The van der Waals surface area contributed by atoms with E-state index in [1.807, 2.05) is 24.3 Å². The van der Waals surface area contributed by atoms with Gasteiger partial charge < -0.3 is 16.4 Å². The lowest BCUT2D eigenvalue weighted by Crippen LogP contribution is -2.48. The van der Waals surface area contributed by atoms with Gasteiger partial charge in [0.15, 0.2) is 0 Å². The summed E-state index contributed by atoms with van der Waals surface area (Å²) < 4.78 is 0. The first-order valence-corrected chi connectivity index (χ1v) is 8.77. The van der Waals surface area contributed by atoms with Gasteiger partial charge in [-0.1, -0.05) is 24.3 Å². The third-order valence-electron chi connectivity index (χ3n) is 5.52. The van der Waals surface area contributed by atoms with Crippen molar-refractivity contribution in [3.8, 4) is 0 Å². The number of amides is 4. The Morgan fingerprint density at radius 3 is 2.84 bits per heavy atom. The number of nitrogens with two attached hydrogens (primary N) is 1. The van der Waals surface area contributed by atoms with Gasteiger partial charge in [-0.2, -0.15) is 0 Å². The molecule has 7 nitrogen and oxygen atoms in total. The van der Waals surface area contributed by atoms with Gasteiger partial charge in [0.25, 0.3) is 5.91 Å². The predicted molar refractivity (Wildman–Crippen MR) is 90.4 cm³/mol. The molecule has 7 heteroatoms. The Bertz CT molecular complexity index is 746. The number of imide groups is 1. The fourth-order valence-corrected chi connectivity index (χ4v) is 4.00. The van der Waals surface area contributed by atoms with Crippen LogP contribution in [0.3, 0.4) is 0 Å². The average molecular weight is 342 g/mol. The van der Waals surface area contributed by atoms with E-state index in [0.29, 0.717) is 18.9 Å². The van der Waals surface area contributed by atoms with Crippen molar-refractivity contribution >= 4 is 17.8 Å². The van der Waals surface area contributed by atoms with Gasteiger partial charge in [0.05, 0.1) is 0 Å². The Morgan fingerprint density at radius 2 is 2.12 bits per heavy atom. The van der Waals surface area contributed by atoms with Crippen LogP contribution in [0.4, 0.5) is 4.79 Å². The van der Waals surface area contributed by atoms with E-state index in [-0.39, 0.29) is 24.4 Å². The first-order valence-electron chi connectivity index (χ1n) is 8.77. The van der Waals surface area contributed by atoms with E-state index < -0.39 is 11.6 Å². The molecular weight excluding hydrogens is 320 g/mol. The zero-order valence-electron chi connectivity index (χ0n) is 14.0. The summed E-state index contributed by atoms with van der Waals surface area (Å²) >= 11 is 0. The van der Waals surface area contributed by atoms with E-state index in [0.717, 1.165) is 35.3 Å². The van der Waals surface area contributed by atoms with Crippen molar-refractivity contribution in [2.75, 3.05) is 13.1 Å². The maximum Gasteiger partial charge on any atom is 0.325 e. The van der Waals surface area contributed by atoms with Gasteiger partial charge in [-0.05, 0) is 42.7 Å². The molecule has 1 aliphatic heterocycles. The Hall–Kier alpha value is -2.41. The molecule has 2 atom stereocenters. The van der Waals surface area contributed by atoms with E-state index in [1.165, 1.54) is 0 Å². The van der Waals surface area contributed by atoms with E-state index in [4.69, 9.17) is 5.73 Å². The number of hydrogen-bond acceptors (Lipinski definition) is 4. The Morgan fingerprint density at radius 1 is 1.36 bits per heavy atom. The van der Waals surface area contributed by atoms with Crippen LogP contribution < -0.4 is 16.4 Å². The predicted octanol–water partition coefficient (Wildman–Crippen LogP) is 0.233. The van der Waals surface area contributed by atoms with Crippen LogP contribution in [0.25, 0.3) is 0 Å². The number of hydrogen-bond donors (Lipinski definition) is 3. The second-order valence-electron chi connectivity index (χ2n) is 7.13. The molecule has 1 saturated carbocycles. The van der Waals surface area contributed by atoms with Crippen LogP contribution in [0.15, 0.2) is 24.3 Å². The summed E-state index contributed by atoms with van der Waals surface area (Å²) in [5, 5.41) is 5.68. The SMILES string of the molecule is NCC(NC(=O)CN1C(=O)NC2(CCc3ccccc32)C1=O)C1CC1.